The van der Waals surface area contributed by atoms with Crippen LogP contribution in [-0.4, -0.2) is 36.0 Å². The number of hydrogen-bond donors (Lipinski definition) is 1. The number of anilines is 1. The van der Waals surface area contributed by atoms with Gasteiger partial charge in [-0.15, -0.1) is 0 Å². The fourth-order valence-corrected chi connectivity index (χ4v) is 2.22. The predicted molar refractivity (Wildman–Crippen MR) is 88.2 cm³/mol. The second-order valence-electron chi connectivity index (χ2n) is 5.63. The first-order chi connectivity index (χ1) is 10.5. The number of nitrogens with one attached hydrogen (secondary N) is 1. The molecule has 2 rings (SSSR count). The molecule has 1 atom stereocenters. The van der Waals surface area contributed by atoms with E-state index in [1.54, 1.807) is 19.2 Å². The summed E-state index contributed by atoms with van der Waals surface area (Å²) in [6.45, 7) is 3.76. The average Bonchev–Trinajstić information content (AvgIpc) is 2.47. The predicted octanol–water partition coefficient (Wildman–Crippen LogP) is 2.21. The van der Waals surface area contributed by atoms with E-state index in [0.29, 0.717) is 11.5 Å². The van der Waals surface area contributed by atoms with E-state index in [9.17, 15) is 4.79 Å². The van der Waals surface area contributed by atoms with Crippen molar-refractivity contribution in [2.45, 2.75) is 26.3 Å². The Bertz CT molecular complexity index is 637. The largest absolute Gasteiger partial charge is 0.378 e. The monoisotopic (exact) mass is 298 g/mol. The third-order valence-electron chi connectivity index (χ3n) is 3.38. The number of aromatic nitrogens is 2. The third kappa shape index (κ3) is 4.28. The number of amides is 1. The van der Waals surface area contributed by atoms with Gasteiger partial charge in [0.25, 0.3) is 5.91 Å². The molecule has 0 spiro atoms. The highest BCUT2D eigenvalue weighted by atomic mass is 16.1. The van der Waals surface area contributed by atoms with Gasteiger partial charge in [-0.2, -0.15) is 0 Å². The maximum Gasteiger partial charge on any atom is 0.270 e. The van der Waals surface area contributed by atoms with Crippen molar-refractivity contribution in [3.05, 3.63) is 53.6 Å². The molecule has 0 aliphatic heterocycles. The molecule has 0 saturated carbocycles. The van der Waals surface area contributed by atoms with Crippen molar-refractivity contribution >= 4 is 11.6 Å². The molecule has 1 amide bonds. The van der Waals surface area contributed by atoms with Gasteiger partial charge >= 0.3 is 0 Å². The molecule has 0 aliphatic carbocycles. The second-order valence-corrected chi connectivity index (χ2v) is 5.63. The van der Waals surface area contributed by atoms with Gasteiger partial charge in [0, 0.05) is 32.0 Å². The summed E-state index contributed by atoms with van der Waals surface area (Å²) in [5, 5.41) is 2.97. The summed E-state index contributed by atoms with van der Waals surface area (Å²) in [6, 6.07) is 10.0. The SMILES string of the molecule is Cc1nccc(C(=O)N[C@H](C)Cc2ccc(N(C)C)cc2)n1. The first-order valence-electron chi connectivity index (χ1n) is 7.32. The standard InChI is InChI=1S/C17H22N4O/c1-12(11-14-5-7-15(8-6-14)21(3)4)19-17(22)16-9-10-18-13(2)20-16/h5-10,12H,11H2,1-4H3,(H,19,22)/t12-/m1/s1. The summed E-state index contributed by atoms with van der Waals surface area (Å²) in [4.78, 5) is 22.3. The van der Waals surface area contributed by atoms with E-state index in [4.69, 9.17) is 0 Å². The molecule has 0 bridgehead atoms. The first-order valence-corrected chi connectivity index (χ1v) is 7.32. The lowest BCUT2D eigenvalue weighted by Gasteiger charge is -2.16. The van der Waals surface area contributed by atoms with E-state index >= 15 is 0 Å². The molecule has 2 aromatic rings. The van der Waals surface area contributed by atoms with Gasteiger partial charge in [0.2, 0.25) is 0 Å². The first kappa shape index (κ1) is 15.9. The Labute approximate surface area is 131 Å². The van der Waals surface area contributed by atoms with E-state index in [-0.39, 0.29) is 11.9 Å². The highest BCUT2D eigenvalue weighted by Gasteiger charge is 2.12. The Morgan fingerprint density at radius 3 is 2.50 bits per heavy atom. The van der Waals surface area contributed by atoms with Crippen LogP contribution in [0.25, 0.3) is 0 Å². The molecule has 0 aliphatic rings. The Balaban J connectivity index is 1.95. The number of rotatable bonds is 5. The lowest BCUT2D eigenvalue weighted by Crippen LogP contribution is -2.34. The lowest BCUT2D eigenvalue weighted by atomic mass is 10.1. The van der Waals surface area contributed by atoms with Gasteiger partial charge in [-0.1, -0.05) is 12.1 Å². The van der Waals surface area contributed by atoms with Crippen LogP contribution in [0.5, 0.6) is 0 Å². The van der Waals surface area contributed by atoms with Gasteiger partial charge < -0.3 is 10.2 Å². The normalized spacial score (nSPS) is 11.8. The lowest BCUT2D eigenvalue weighted by molar-refractivity contribution is 0.0934. The van der Waals surface area contributed by atoms with Gasteiger partial charge in [-0.05, 0) is 44.0 Å². The molecule has 1 aromatic heterocycles. The molecule has 0 unspecified atom stereocenters. The topological polar surface area (TPSA) is 58.1 Å². The van der Waals surface area contributed by atoms with E-state index in [1.165, 1.54) is 5.56 Å². The van der Waals surface area contributed by atoms with Gasteiger partial charge in [0.05, 0.1) is 0 Å². The van der Waals surface area contributed by atoms with Crippen molar-refractivity contribution in [1.29, 1.82) is 0 Å². The zero-order valence-corrected chi connectivity index (χ0v) is 13.5. The summed E-state index contributed by atoms with van der Waals surface area (Å²) in [7, 11) is 4.03. The average molecular weight is 298 g/mol. The number of carbonyl (C=O) groups is 1. The molecular weight excluding hydrogens is 276 g/mol. The highest BCUT2D eigenvalue weighted by Crippen LogP contribution is 2.13. The Morgan fingerprint density at radius 2 is 1.91 bits per heavy atom. The van der Waals surface area contributed by atoms with Crippen molar-refractivity contribution in [2.24, 2.45) is 0 Å². The van der Waals surface area contributed by atoms with Crippen molar-refractivity contribution in [3.8, 4) is 0 Å². The van der Waals surface area contributed by atoms with Gasteiger partial charge in [-0.3, -0.25) is 4.79 Å². The summed E-state index contributed by atoms with van der Waals surface area (Å²) in [5.41, 5.74) is 2.76. The van der Waals surface area contributed by atoms with Gasteiger partial charge in [0.1, 0.15) is 11.5 Å². The third-order valence-corrected chi connectivity index (χ3v) is 3.38. The van der Waals surface area contributed by atoms with E-state index < -0.39 is 0 Å². The summed E-state index contributed by atoms with van der Waals surface area (Å²) in [5.74, 6) is 0.433. The van der Waals surface area contributed by atoms with Crippen LogP contribution < -0.4 is 10.2 Å². The molecular formula is C17H22N4O. The quantitative estimate of drug-likeness (QED) is 0.919. The van der Waals surface area contributed by atoms with Crippen LogP contribution in [0.2, 0.25) is 0 Å². The Morgan fingerprint density at radius 1 is 1.23 bits per heavy atom. The van der Waals surface area contributed by atoms with Crippen molar-refractivity contribution in [2.75, 3.05) is 19.0 Å². The molecule has 1 heterocycles. The highest BCUT2D eigenvalue weighted by molar-refractivity contribution is 5.92. The minimum Gasteiger partial charge on any atom is -0.378 e. The number of benzene rings is 1. The Hall–Kier alpha value is -2.43. The zero-order chi connectivity index (χ0) is 16.1. The fourth-order valence-electron chi connectivity index (χ4n) is 2.22. The summed E-state index contributed by atoms with van der Waals surface area (Å²) >= 11 is 0. The summed E-state index contributed by atoms with van der Waals surface area (Å²) < 4.78 is 0. The van der Waals surface area contributed by atoms with E-state index in [0.717, 1.165) is 12.1 Å². The molecule has 5 heteroatoms. The molecule has 0 saturated heterocycles. The molecule has 22 heavy (non-hydrogen) atoms. The van der Waals surface area contributed by atoms with Crippen molar-refractivity contribution in [1.82, 2.24) is 15.3 Å². The van der Waals surface area contributed by atoms with E-state index in [2.05, 4.69) is 44.5 Å². The molecule has 5 nitrogen and oxygen atoms in total. The minimum absolute atomic E-state index is 0.0352. The van der Waals surface area contributed by atoms with E-state index in [1.807, 2.05) is 21.0 Å². The second kappa shape index (κ2) is 7.02. The fraction of sp³-hybridized carbons (Fsp3) is 0.353. The van der Waals surface area contributed by atoms with Crippen molar-refractivity contribution in [3.63, 3.8) is 0 Å². The minimum atomic E-state index is -0.164. The van der Waals surface area contributed by atoms with Gasteiger partial charge in [0.15, 0.2) is 0 Å². The molecule has 1 N–H and O–H groups in total. The number of hydrogen-bond acceptors (Lipinski definition) is 4. The van der Waals surface area contributed by atoms with Crippen molar-refractivity contribution < 1.29 is 4.79 Å². The molecule has 0 radical (unpaired) electrons. The van der Waals surface area contributed by atoms with Crippen LogP contribution >= 0.6 is 0 Å². The maximum atomic E-state index is 12.1. The molecule has 1 aromatic carbocycles. The van der Waals surface area contributed by atoms with Crippen LogP contribution in [0.1, 0.15) is 28.8 Å². The maximum absolute atomic E-state index is 12.1. The smallest absolute Gasteiger partial charge is 0.270 e. The summed E-state index contributed by atoms with van der Waals surface area (Å²) in [6.07, 6.45) is 2.38. The van der Waals surface area contributed by atoms with Crippen LogP contribution in [0.3, 0.4) is 0 Å². The molecule has 116 valence electrons. The number of aryl methyl sites for hydroxylation is 1. The Kier molecular flexibility index (Phi) is 5.09. The number of carbonyl (C=O) groups excluding carboxylic acids is 1. The number of nitrogens with zero attached hydrogens (tertiary/aromatic N) is 3. The van der Waals surface area contributed by atoms with Crippen LogP contribution in [0.4, 0.5) is 5.69 Å². The van der Waals surface area contributed by atoms with Crippen LogP contribution in [-0.2, 0) is 6.42 Å². The molecule has 0 fully saturated rings. The van der Waals surface area contributed by atoms with Crippen LogP contribution in [0.15, 0.2) is 36.5 Å². The van der Waals surface area contributed by atoms with Gasteiger partial charge in [-0.25, -0.2) is 9.97 Å². The van der Waals surface area contributed by atoms with Crippen LogP contribution in [0, 0.1) is 6.92 Å². The zero-order valence-electron chi connectivity index (χ0n) is 13.5.